The van der Waals surface area contributed by atoms with Gasteiger partial charge in [-0.05, 0) is 66.3 Å². The zero-order valence-electron chi connectivity index (χ0n) is 31.1. The lowest BCUT2D eigenvalue weighted by Gasteiger charge is -2.11. The lowest BCUT2D eigenvalue weighted by atomic mass is 10.0. The van der Waals surface area contributed by atoms with E-state index in [1.165, 1.54) is 36.4 Å². The largest absolute Gasteiger partial charge is 0.399 e. The molecular weight excluding hydrogens is 883 g/mol. The molecule has 0 saturated carbocycles. The predicted octanol–water partition coefficient (Wildman–Crippen LogP) is 13.0. The van der Waals surface area contributed by atoms with E-state index >= 15 is 26.3 Å². The highest BCUT2D eigenvalue weighted by Gasteiger charge is 2.33. The number of nitrogens with two attached hydrogens (primary N) is 1. The SMILES string of the molecule is Nc1ccc(-c2c3nc(c(-c4c(F)c(F)c(F)c(F)c4F)c4ccc([nH]4)c(-c4c(F)c(F)c(F)c(F)c4F)c4nc(c(-c5c(F)c(F)c(F)c(F)c5F)c5ccc2[nH]5)C=C4)C=C3)cc1. The molecule has 20 heteroatoms. The Labute approximate surface area is 346 Å². The number of aromatic amines is 2. The molecule has 8 bridgehead atoms. The van der Waals surface area contributed by atoms with Crippen LogP contribution in [0.1, 0.15) is 22.8 Å². The number of hydrogen-bond acceptors (Lipinski definition) is 3. The van der Waals surface area contributed by atoms with Gasteiger partial charge in [0, 0.05) is 50.0 Å². The van der Waals surface area contributed by atoms with E-state index in [4.69, 9.17) is 5.73 Å². The third-order valence-corrected chi connectivity index (χ3v) is 10.3. The Morgan fingerprint density at radius 3 is 0.797 bits per heavy atom. The van der Waals surface area contributed by atoms with Gasteiger partial charge in [-0.1, -0.05) is 12.1 Å². The lowest BCUT2D eigenvalue weighted by molar-refractivity contribution is 0.381. The summed E-state index contributed by atoms with van der Waals surface area (Å²) in [5.74, 6) is -36.8. The Morgan fingerprint density at radius 1 is 0.281 bits per heavy atom. The number of hydrogen-bond donors (Lipinski definition) is 3. The highest BCUT2D eigenvalue weighted by molar-refractivity contribution is 6.00. The summed E-state index contributed by atoms with van der Waals surface area (Å²) in [5.41, 5.74) is -5.57. The maximum absolute atomic E-state index is 15.8. The number of nitrogens with zero attached hydrogens (tertiary/aromatic N) is 2. The maximum Gasteiger partial charge on any atom is 0.200 e. The number of rotatable bonds is 4. The second-order valence-electron chi connectivity index (χ2n) is 14.0. The molecule has 322 valence electrons. The van der Waals surface area contributed by atoms with E-state index in [0.29, 0.717) is 0 Å². The maximum atomic E-state index is 15.8. The van der Waals surface area contributed by atoms with Gasteiger partial charge in [0.1, 0.15) is 0 Å². The topological polar surface area (TPSA) is 83.4 Å². The van der Waals surface area contributed by atoms with Gasteiger partial charge < -0.3 is 15.7 Å². The summed E-state index contributed by atoms with van der Waals surface area (Å²) in [6.07, 6.45) is 3.87. The Balaban J connectivity index is 1.56. The molecule has 2 aliphatic rings. The molecule has 0 amide bonds. The second-order valence-corrected chi connectivity index (χ2v) is 14.0. The average Bonchev–Trinajstić information content (AvgIpc) is 4.14. The van der Waals surface area contributed by atoms with Gasteiger partial charge >= 0.3 is 0 Å². The van der Waals surface area contributed by atoms with Crippen molar-refractivity contribution >= 4 is 52.1 Å². The lowest BCUT2D eigenvalue weighted by Crippen LogP contribution is -2.06. The number of nitrogens with one attached hydrogen (secondary N) is 2. The summed E-state index contributed by atoms with van der Waals surface area (Å²) in [7, 11) is 0. The molecule has 0 spiro atoms. The normalized spacial score (nSPS) is 12.2. The molecule has 0 aliphatic carbocycles. The molecular formula is C44H16F15N5. The van der Waals surface area contributed by atoms with Crippen LogP contribution in [-0.4, -0.2) is 19.9 Å². The van der Waals surface area contributed by atoms with Crippen LogP contribution in [0.5, 0.6) is 0 Å². The summed E-state index contributed by atoms with van der Waals surface area (Å²) in [4.78, 5) is 13.8. The standard InChI is InChI=1S/C44H16F15N5/c45-30-27(31(46)37(52)42(57)36(30)51)24-17-7-5-15(61-17)23(13-1-3-14(60)4-2-13)16-6-8-18(62-16)25(28-32(47)38(53)43(58)39(54)33(28)48)20-10-12-22(64-20)26(21-11-9-19(24)63-21)29-34(49)40(55)44(59)41(56)35(29)50/h1-12,61,64H,60H2. The third kappa shape index (κ3) is 6.14. The van der Waals surface area contributed by atoms with Crippen LogP contribution in [0.2, 0.25) is 0 Å². The Bertz CT molecular complexity index is 3310. The fourth-order valence-corrected chi connectivity index (χ4v) is 7.42. The van der Waals surface area contributed by atoms with Gasteiger partial charge in [0.25, 0.3) is 0 Å². The zero-order chi connectivity index (χ0) is 45.8. The van der Waals surface area contributed by atoms with Crippen LogP contribution >= 0.6 is 0 Å². The van der Waals surface area contributed by atoms with E-state index in [1.807, 2.05) is 0 Å². The van der Waals surface area contributed by atoms with Crippen LogP contribution in [0, 0.1) is 87.3 Å². The van der Waals surface area contributed by atoms with Gasteiger partial charge in [0.2, 0.25) is 17.5 Å². The highest BCUT2D eigenvalue weighted by Crippen LogP contribution is 2.43. The molecule has 4 aromatic carbocycles. The van der Waals surface area contributed by atoms with E-state index in [-0.39, 0.29) is 28.0 Å². The summed E-state index contributed by atoms with van der Waals surface area (Å²) >= 11 is 0. The first-order chi connectivity index (χ1) is 30.4. The number of nitrogen functional groups attached to an aromatic ring is 1. The Morgan fingerprint density at radius 2 is 0.516 bits per heavy atom. The molecule has 5 nitrogen and oxygen atoms in total. The van der Waals surface area contributed by atoms with Crippen LogP contribution in [-0.2, 0) is 0 Å². The monoisotopic (exact) mass is 899 g/mol. The number of anilines is 1. The first-order valence-corrected chi connectivity index (χ1v) is 18.0. The van der Waals surface area contributed by atoms with Gasteiger partial charge in [0.05, 0.1) is 39.5 Å². The zero-order valence-corrected chi connectivity index (χ0v) is 31.1. The van der Waals surface area contributed by atoms with Gasteiger partial charge in [-0.3, -0.25) is 0 Å². The molecule has 0 unspecified atom stereocenters. The van der Waals surface area contributed by atoms with Gasteiger partial charge in [0.15, 0.2) is 69.8 Å². The molecule has 0 fully saturated rings. The van der Waals surface area contributed by atoms with Crippen LogP contribution < -0.4 is 5.73 Å². The second kappa shape index (κ2) is 15.0. The van der Waals surface area contributed by atoms with Crippen molar-refractivity contribution in [2.24, 2.45) is 0 Å². The smallest absolute Gasteiger partial charge is 0.200 e. The first kappa shape index (κ1) is 41.6. The molecule has 4 N–H and O–H groups in total. The molecule has 9 rings (SSSR count). The average molecular weight is 900 g/mol. The van der Waals surface area contributed by atoms with Crippen molar-refractivity contribution in [2.45, 2.75) is 0 Å². The Kier molecular flexibility index (Phi) is 9.71. The molecule has 3 aromatic heterocycles. The van der Waals surface area contributed by atoms with Crippen molar-refractivity contribution in [3.05, 3.63) is 159 Å². The van der Waals surface area contributed by atoms with E-state index in [1.54, 1.807) is 0 Å². The van der Waals surface area contributed by atoms with Crippen molar-refractivity contribution in [3.8, 4) is 44.5 Å². The van der Waals surface area contributed by atoms with Crippen LogP contribution in [0.3, 0.4) is 0 Å². The third-order valence-electron chi connectivity index (χ3n) is 10.3. The molecule has 2 aliphatic heterocycles. The molecule has 7 aromatic rings. The molecule has 0 radical (unpaired) electrons. The quantitative estimate of drug-likeness (QED) is 0.0712. The Hall–Kier alpha value is -7.77. The summed E-state index contributed by atoms with van der Waals surface area (Å²) in [6, 6.07) is 9.71. The van der Waals surface area contributed by atoms with Crippen LogP contribution in [0.4, 0.5) is 71.5 Å². The van der Waals surface area contributed by atoms with E-state index in [0.717, 1.165) is 36.4 Å². The van der Waals surface area contributed by atoms with E-state index in [9.17, 15) is 39.5 Å². The van der Waals surface area contributed by atoms with Gasteiger partial charge in [-0.25, -0.2) is 75.8 Å². The fraction of sp³-hybridized carbons (Fsp3) is 0. The summed E-state index contributed by atoms with van der Waals surface area (Å²) < 4.78 is 227. The highest BCUT2D eigenvalue weighted by atomic mass is 19.2. The minimum absolute atomic E-state index is 0.0309. The van der Waals surface area contributed by atoms with Crippen LogP contribution in [0.25, 0.3) is 90.9 Å². The minimum Gasteiger partial charge on any atom is -0.399 e. The predicted molar refractivity (Wildman–Crippen MR) is 204 cm³/mol. The molecule has 64 heavy (non-hydrogen) atoms. The fourth-order valence-electron chi connectivity index (χ4n) is 7.42. The van der Waals surface area contributed by atoms with Gasteiger partial charge in [-0.2, -0.15) is 0 Å². The van der Waals surface area contributed by atoms with Crippen molar-refractivity contribution in [3.63, 3.8) is 0 Å². The first-order valence-electron chi connectivity index (χ1n) is 18.0. The van der Waals surface area contributed by atoms with Crippen LogP contribution in [0.15, 0.2) is 48.5 Å². The number of aromatic nitrogens is 4. The van der Waals surface area contributed by atoms with Crippen molar-refractivity contribution < 1.29 is 65.9 Å². The van der Waals surface area contributed by atoms with Crippen molar-refractivity contribution in [1.29, 1.82) is 0 Å². The number of H-pyrrole nitrogens is 2. The van der Waals surface area contributed by atoms with Crippen molar-refractivity contribution in [1.82, 2.24) is 19.9 Å². The van der Waals surface area contributed by atoms with Crippen molar-refractivity contribution in [2.75, 3.05) is 5.73 Å². The number of fused-ring (bicyclic) bond motifs is 8. The number of halogens is 15. The summed E-state index contributed by atoms with van der Waals surface area (Å²) in [5, 5.41) is 0. The van der Waals surface area contributed by atoms with Gasteiger partial charge in [-0.15, -0.1) is 0 Å². The molecule has 0 saturated heterocycles. The molecule has 0 atom stereocenters. The summed E-state index contributed by atoms with van der Waals surface area (Å²) in [6.45, 7) is 0. The van der Waals surface area contributed by atoms with E-state index in [2.05, 4.69) is 19.9 Å². The van der Waals surface area contributed by atoms with E-state index < -0.39 is 154 Å². The minimum atomic E-state index is -2.62. The molecule has 5 heterocycles. The number of benzene rings is 4.